The Hall–Kier alpha value is -2.38. The molecule has 2 aromatic rings. The molecule has 1 amide bonds. The summed E-state index contributed by atoms with van der Waals surface area (Å²) in [5, 5.41) is 2.81. The van der Waals surface area contributed by atoms with E-state index in [9.17, 15) is 13.2 Å². The predicted octanol–water partition coefficient (Wildman–Crippen LogP) is 3.87. The first-order valence-electron chi connectivity index (χ1n) is 8.97. The van der Waals surface area contributed by atoms with E-state index in [1.165, 1.54) is 10.6 Å². The van der Waals surface area contributed by atoms with E-state index >= 15 is 0 Å². The van der Waals surface area contributed by atoms with Crippen molar-refractivity contribution in [2.45, 2.75) is 26.2 Å². The summed E-state index contributed by atoms with van der Waals surface area (Å²) in [5.74, 6) is 0.939. The molecule has 0 fully saturated rings. The van der Waals surface area contributed by atoms with Gasteiger partial charge < -0.3 is 10.1 Å². The summed E-state index contributed by atoms with van der Waals surface area (Å²) in [5.41, 5.74) is 0.547. The van der Waals surface area contributed by atoms with Crippen LogP contribution in [0.25, 0.3) is 0 Å². The molecular weight excluding hydrogens is 364 g/mol. The summed E-state index contributed by atoms with van der Waals surface area (Å²) in [7, 11) is -3.33. The molecule has 27 heavy (non-hydrogen) atoms. The fourth-order valence-electron chi connectivity index (χ4n) is 2.49. The second-order valence-electron chi connectivity index (χ2n) is 6.23. The molecule has 0 radical (unpaired) electrons. The molecule has 0 saturated heterocycles. The normalized spacial score (nSPS) is 11.4. The van der Waals surface area contributed by atoms with Gasteiger partial charge in [-0.1, -0.05) is 43.7 Å². The van der Waals surface area contributed by atoms with Gasteiger partial charge in [-0.05, 0) is 30.7 Å². The SMILES string of the molecule is CCCCN(CCC(=O)Nc1ccccc1Oc1ccccc1)S(C)(=O)=O. The van der Waals surface area contributed by atoms with E-state index < -0.39 is 10.0 Å². The summed E-state index contributed by atoms with van der Waals surface area (Å²) in [6, 6.07) is 16.4. The summed E-state index contributed by atoms with van der Waals surface area (Å²) >= 11 is 0. The lowest BCUT2D eigenvalue weighted by Crippen LogP contribution is -2.33. The van der Waals surface area contributed by atoms with Crippen molar-refractivity contribution in [1.29, 1.82) is 0 Å². The Morgan fingerprint density at radius 3 is 2.37 bits per heavy atom. The maximum absolute atomic E-state index is 12.3. The summed E-state index contributed by atoms with van der Waals surface area (Å²) in [6.07, 6.45) is 2.91. The number of hydrogen-bond donors (Lipinski definition) is 1. The average Bonchev–Trinajstić information content (AvgIpc) is 2.63. The van der Waals surface area contributed by atoms with Gasteiger partial charge in [0, 0.05) is 19.5 Å². The first-order valence-corrected chi connectivity index (χ1v) is 10.8. The van der Waals surface area contributed by atoms with Gasteiger partial charge in [0.2, 0.25) is 15.9 Å². The maximum Gasteiger partial charge on any atom is 0.225 e. The number of hydrogen-bond acceptors (Lipinski definition) is 4. The lowest BCUT2D eigenvalue weighted by atomic mass is 10.2. The zero-order valence-electron chi connectivity index (χ0n) is 15.7. The van der Waals surface area contributed by atoms with Gasteiger partial charge >= 0.3 is 0 Å². The Labute approximate surface area is 161 Å². The summed E-state index contributed by atoms with van der Waals surface area (Å²) in [6.45, 7) is 2.58. The van der Waals surface area contributed by atoms with Crippen LogP contribution in [0.15, 0.2) is 54.6 Å². The van der Waals surface area contributed by atoms with Crippen molar-refractivity contribution in [3.8, 4) is 11.5 Å². The molecule has 0 bridgehead atoms. The highest BCUT2D eigenvalue weighted by Crippen LogP contribution is 2.29. The topological polar surface area (TPSA) is 75.7 Å². The smallest absolute Gasteiger partial charge is 0.225 e. The molecule has 0 spiro atoms. The number of anilines is 1. The van der Waals surface area contributed by atoms with Gasteiger partial charge in [0.1, 0.15) is 5.75 Å². The minimum absolute atomic E-state index is 0.0798. The number of para-hydroxylation sites is 3. The van der Waals surface area contributed by atoms with Crippen molar-refractivity contribution in [1.82, 2.24) is 4.31 Å². The summed E-state index contributed by atoms with van der Waals surface area (Å²) in [4.78, 5) is 12.3. The number of carbonyl (C=O) groups excluding carboxylic acids is 1. The Balaban J connectivity index is 1.99. The molecule has 0 unspecified atom stereocenters. The molecule has 0 atom stereocenters. The zero-order chi connectivity index (χ0) is 19.7. The molecule has 0 aliphatic carbocycles. The minimum atomic E-state index is -3.33. The number of benzene rings is 2. The van der Waals surface area contributed by atoms with Crippen LogP contribution < -0.4 is 10.1 Å². The van der Waals surface area contributed by atoms with Crippen molar-refractivity contribution >= 4 is 21.6 Å². The van der Waals surface area contributed by atoms with Crippen molar-refractivity contribution in [3.63, 3.8) is 0 Å². The van der Waals surface area contributed by atoms with Gasteiger partial charge in [-0.2, -0.15) is 0 Å². The zero-order valence-corrected chi connectivity index (χ0v) is 16.5. The van der Waals surface area contributed by atoms with Crippen LogP contribution in [0.4, 0.5) is 5.69 Å². The van der Waals surface area contributed by atoms with Crippen LogP contribution >= 0.6 is 0 Å². The Morgan fingerprint density at radius 1 is 1.04 bits per heavy atom. The third-order valence-electron chi connectivity index (χ3n) is 3.95. The van der Waals surface area contributed by atoms with Crippen molar-refractivity contribution in [3.05, 3.63) is 54.6 Å². The van der Waals surface area contributed by atoms with Crippen LogP contribution in [-0.4, -0.2) is 38.0 Å². The van der Waals surface area contributed by atoms with Gasteiger partial charge in [0.25, 0.3) is 0 Å². The molecule has 2 aromatic carbocycles. The highest BCUT2D eigenvalue weighted by atomic mass is 32.2. The number of carbonyl (C=O) groups is 1. The molecule has 0 saturated carbocycles. The quantitative estimate of drug-likeness (QED) is 0.668. The van der Waals surface area contributed by atoms with Crippen molar-refractivity contribution in [2.75, 3.05) is 24.7 Å². The Morgan fingerprint density at radius 2 is 1.70 bits per heavy atom. The first kappa shape index (κ1) is 20.9. The van der Waals surface area contributed by atoms with Crippen LogP contribution in [-0.2, 0) is 14.8 Å². The van der Waals surface area contributed by atoms with Crippen molar-refractivity contribution < 1.29 is 17.9 Å². The van der Waals surface area contributed by atoms with E-state index in [4.69, 9.17) is 4.74 Å². The molecule has 7 heteroatoms. The molecule has 1 N–H and O–H groups in total. The van der Waals surface area contributed by atoms with Crippen LogP contribution in [0.2, 0.25) is 0 Å². The predicted molar refractivity (Wildman–Crippen MR) is 108 cm³/mol. The molecule has 0 aliphatic heterocycles. The van der Waals surface area contributed by atoms with E-state index in [1.54, 1.807) is 18.2 Å². The highest BCUT2D eigenvalue weighted by Gasteiger charge is 2.17. The van der Waals surface area contributed by atoms with E-state index in [1.807, 2.05) is 43.3 Å². The first-order chi connectivity index (χ1) is 12.9. The number of rotatable bonds is 10. The van der Waals surface area contributed by atoms with Crippen LogP contribution in [0.1, 0.15) is 26.2 Å². The molecule has 0 heterocycles. The largest absolute Gasteiger partial charge is 0.455 e. The minimum Gasteiger partial charge on any atom is -0.455 e. The second kappa shape index (κ2) is 10.1. The lowest BCUT2D eigenvalue weighted by molar-refractivity contribution is -0.116. The van der Waals surface area contributed by atoms with Crippen molar-refractivity contribution in [2.24, 2.45) is 0 Å². The standard InChI is InChI=1S/C20H26N2O4S/c1-3-4-15-22(27(2,24)25)16-14-20(23)21-18-12-8-9-13-19(18)26-17-10-6-5-7-11-17/h5-13H,3-4,14-16H2,1-2H3,(H,21,23). The average molecular weight is 391 g/mol. The van der Waals surface area contributed by atoms with E-state index in [-0.39, 0.29) is 18.9 Å². The fraction of sp³-hybridized carbons (Fsp3) is 0.350. The molecule has 0 aliphatic rings. The highest BCUT2D eigenvalue weighted by molar-refractivity contribution is 7.88. The number of sulfonamides is 1. The van der Waals surface area contributed by atoms with E-state index in [2.05, 4.69) is 5.32 Å². The van der Waals surface area contributed by atoms with Gasteiger partial charge in [-0.25, -0.2) is 12.7 Å². The molecular formula is C20H26N2O4S. The Bertz CT molecular complexity index is 838. The number of ether oxygens (including phenoxy) is 1. The van der Waals surface area contributed by atoms with Crippen LogP contribution in [0.5, 0.6) is 11.5 Å². The third kappa shape index (κ3) is 7.03. The van der Waals surface area contributed by atoms with Crippen LogP contribution in [0, 0.1) is 0 Å². The second-order valence-corrected chi connectivity index (χ2v) is 8.21. The van der Waals surface area contributed by atoms with E-state index in [0.29, 0.717) is 23.7 Å². The third-order valence-corrected chi connectivity index (χ3v) is 5.25. The molecule has 2 rings (SSSR count). The fourth-order valence-corrected chi connectivity index (χ4v) is 3.37. The maximum atomic E-state index is 12.3. The number of unbranched alkanes of at least 4 members (excludes halogenated alkanes) is 1. The Kier molecular flexibility index (Phi) is 7.82. The molecule has 146 valence electrons. The molecule has 6 nitrogen and oxygen atoms in total. The van der Waals surface area contributed by atoms with Gasteiger partial charge in [-0.15, -0.1) is 0 Å². The monoisotopic (exact) mass is 390 g/mol. The van der Waals surface area contributed by atoms with Gasteiger partial charge in [0.05, 0.1) is 11.9 Å². The van der Waals surface area contributed by atoms with Gasteiger partial charge in [0.15, 0.2) is 5.75 Å². The lowest BCUT2D eigenvalue weighted by Gasteiger charge is -2.19. The number of nitrogens with zero attached hydrogens (tertiary/aromatic N) is 1. The number of nitrogens with one attached hydrogen (secondary N) is 1. The van der Waals surface area contributed by atoms with Crippen LogP contribution in [0.3, 0.4) is 0 Å². The number of amides is 1. The summed E-state index contributed by atoms with van der Waals surface area (Å²) < 4.78 is 30.9. The van der Waals surface area contributed by atoms with Gasteiger partial charge in [-0.3, -0.25) is 4.79 Å². The molecule has 0 aromatic heterocycles. The van der Waals surface area contributed by atoms with E-state index in [0.717, 1.165) is 12.8 Å².